The van der Waals surface area contributed by atoms with Crippen molar-refractivity contribution >= 4 is 34.1 Å². The van der Waals surface area contributed by atoms with Gasteiger partial charge in [-0.1, -0.05) is 29.8 Å². The highest BCUT2D eigenvalue weighted by atomic mass is 35.5. The molecule has 25 heavy (non-hydrogen) atoms. The first kappa shape index (κ1) is 15.6. The van der Waals surface area contributed by atoms with Gasteiger partial charge in [-0.2, -0.15) is 5.10 Å². The van der Waals surface area contributed by atoms with Gasteiger partial charge in [0.05, 0.1) is 16.7 Å². The molecule has 6 heteroatoms. The van der Waals surface area contributed by atoms with Crippen LogP contribution in [-0.4, -0.2) is 19.7 Å². The minimum atomic E-state index is 0.631. The molecule has 0 aliphatic carbocycles. The number of benzene rings is 2. The van der Waals surface area contributed by atoms with Crippen molar-refractivity contribution in [1.29, 1.82) is 0 Å². The minimum Gasteiger partial charge on any atom is -0.337 e. The molecule has 2 heterocycles. The standard InChI is InChI=1S/C19H16ClN5/c1-12-10-13(2)25(24-12)19-18(21-15-6-4-3-5-7-15)22-17-11-14(20)8-9-16(17)23-19/h3-11H,1-2H3,(H,21,22). The SMILES string of the molecule is Cc1cc(C)n(-c2nc3ccc(Cl)cc3nc2Nc2ccccc2)n1. The summed E-state index contributed by atoms with van der Waals surface area (Å²) in [7, 11) is 0. The summed E-state index contributed by atoms with van der Waals surface area (Å²) >= 11 is 6.11. The van der Waals surface area contributed by atoms with Crippen LogP contribution in [0.2, 0.25) is 5.02 Å². The second kappa shape index (κ2) is 6.18. The van der Waals surface area contributed by atoms with Gasteiger partial charge >= 0.3 is 0 Å². The van der Waals surface area contributed by atoms with Crippen molar-refractivity contribution in [2.24, 2.45) is 0 Å². The first-order valence-corrected chi connectivity index (χ1v) is 8.31. The normalized spacial score (nSPS) is 11.0. The van der Waals surface area contributed by atoms with Crippen LogP contribution in [0.3, 0.4) is 0 Å². The van der Waals surface area contributed by atoms with Gasteiger partial charge in [0.1, 0.15) is 0 Å². The zero-order valence-electron chi connectivity index (χ0n) is 13.9. The number of aromatic nitrogens is 4. The summed E-state index contributed by atoms with van der Waals surface area (Å²) in [6, 6.07) is 17.4. The maximum atomic E-state index is 6.11. The Bertz CT molecular complexity index is 1060. The lowest BCUT2D eigenvalue weighted by molar-refractivity contribution is 0.808. The van der Waals surface area contributed by atoms with Gasteiger partial charge in [-0.05, 0) is 50.2 Å². The van der Waals surface area contributed by atoms with Crippen molar-refractivity contribution in [1.82, 2.24) is 19.7 Å². The van der Waals surface area contributed by atoms with Gasteiger partial charge in [0, 0.05) is 16.4 Å². The van der Waals surface area contributed by atoms with E-state index in [1.165, 1.54) is 0 Å². The van der Waals surface area contributed by atoms with E-state index in [-0.39, 0.29) is 0 Å². The molecule has 0 aliphatic rings. The number of rotatable bonds is 3. The molecule has 4 aromatic rings. The number of aryl methyl sites for hydroxylation is 2. The second-order valence-electron chi connectivity index (χ2n) is 5.86. The first-order chi connectivity index (χ1) is 12.1. The Morgan fingerprint density at radius 1 is 0.920 bits per heavy atom. The summed E-state index contributed by atoms with van der Waals surface area (Å²) in [5, 5.41) is 8.53. The molecule has 5 nitrogen and oxygen atoms in total. The molecule has 124 valence electrons. The van der Waals surface area contributed by atoms with Crippen molar-refractivity contribution in [3.8, 4) is 5.82 Å². The van der Waals surface area contributed by atoms with Crippen LogP contribution in [0.1, 0.15) is 11.4 Å². The minimum absolute atomic E-state index is 0.631. The van der Waals surface area contributed by atoms with Crippen molar-refractivity contribution in [3.63, 3.8) is 0 Å². The topological polar surface area (TPSA) is 55.6 Å². The molecule has 0 bridgehead atoms. The predicted octanol–water partition coefficient (Wildman–Crippen LogP) is 4.83. The molecule has 2 aromatic heterocycles. The third-order valence-corrected chi connectivity index (χ3v) is 4.09. The average molecular weight is 350 g/mol. The van der Waals surface area contributed by atoms with Crippen LogP contribution in [-0.2, 0) is 0 Å². The number of hydrogen-bond acceptors (Lipinski definition) is 4. The summed E-state index contributed by atoms with van der Waals surface area (Å²) in [6.07, 6.45) is 0. The molecule has 0 aliphatic heterocycles. The van der Waals surface area contributed by atoms with Crippen LogP contribution < -0.4 is 5.32 Å². The summed E-state index contributed by atoms with van der Waals surface area (Å²) in [5.74, 6) is 1.29. The Balaban J connectivity index is 1.93. The van der Waals surface area contributed by atoms with E-state index in [0.717, 1.165) is 28.1 Å². The molecular weight excluding hydrogens is 334 g/mol. The highest BCUT2D eigenvalue weighted by molar-refractivity contribution is 6.31. The molecule has 0 radical (unpaired) electrons. The number of anilines is 2. The van der Waals surface area contributed by atoms with E-state index < -0.39 is 0 Å². The number of nitrogens with zero attached hydrogens (tertiary/aromatic N) is 4. The Morgan fingerprint density at radius 3 is 2.44 bits per heavy atom. The van der Waals surface area contributed by atoms with E-state index in [1.54, 1.807) is 0 Å². The Hall–Kier alpha value is -2.92. The predicted molar refractivity (Wildman–Crippen MR) is 101 cm³/mol. The lowest BCUT2D eigenvalue weighted by Crippen LogP contribution is -2.08. The van der Waals surface area contributed by atoms with Gasteiger partial charge in [-0.15, -0.1) is 0 Å². The number of para-hydroxylation sites is 1. The largest absolute Gasteiger partial charge is 0.337 e. The van der Waals surface area contributed by atoms with Crippen LogP contribution in [0.4, 0.5) is 11.5 Å². The van der Waals surface area contributed by atoms with Gasteiger partial charge in [0.15, 0.2) is 11.6 Å². The van der Waals surface area contributed by atoms with Crippen molar-refractivity contribution < 1.29 is 0 Å². The average Bonchev–Trinajstić information content (AvgIpc) is 2.93. The molecule has 0 spiro atoms. The van der Waals surface area contributed by atoms with Crippen molar-refractivity contribution in [3.05, 3.63) is 71.0 Å². The van der Waals surface area contributed by atoms with Crippen LogP contribution in [0.5, 0.6) is 0 Å². The molecule has 0 atom stereocenters. The van der Waals surface area contributed by atoms with E-state index in [4.69, 9.17) is 21.6 Å². The van der Waals surface area contributed by atoms with Gasteiger partial charge in [-0.3, -0.25) is 0 Å². The monoisotopic (exact) mass is 349 g/mol. The fourth-order valence-electron chi connectivity index (χ4n) is 2.75. The van der Waals surface area contributed by atoms with E-state index in [0.29, 0.717) is 16.7 Å². The van der Waals surface area contributed by atoms with Gasteiger partial charge in [0.25, 0.3) is 0 Å². The van der Waals surface area contributed by atoms with Crippen LogP contribution in [0.25, 0.3) is 16.9 Å². The van der Waals surface area contributed by atoms with E-state index in [9.17, 15) is 0 Å². The van der Waals surface area contributed by atoms with Gasteiger partial charge < -0.3 is 5.32 Å². The van der Waals surface area contributed by atoms with Crippen LogP contribution in [0.15, 0.2) is 54.6 Å². The summed E-state index contributed by atoms with van der Waals surface area (Å²) < 4.78 is 1.81. The zero-order chi connectivity index (χ0) is 17.4. The molecule has 0 unspecified atom stereocenters. The van der Waals surface area contributed by atoms with Gasteiger partial charge in [0.2, 0.25) is 0 Å². The van der Waals surface area contributed by atoms with E-state index in [1.807, 2.05) is 73.1 Å². The maximum absolute atomic E-state index is 6.11. The Morgan fingerprint density at radius 2 is 1.72 bits per heavy atom. The van der Waals surface area contributed by atoms with Crippen molar-refractivity contribution in [2.45, 2.75) is 13.8 Å². The highest BCUT2D eigenvalue weighted by Gasteiger charge is 2.14. The highest BCUT2D eigenvalue weighted by Crippen LogP contribution is 2.26. The molecule has 0 saturated carbocycles. The first-order valence-electron chi connectivity index (χ1n) is 7.93. The van der Waals surface area contributed by atoms with Crippen LogP contribution >= 0.6 is 11.6 Å². The third-order valence-electron chi connectivity index (χ3n) is 3.85. The fourth-order valence-corrected chi connectivity index (χ4v) is 2.92. The molecule has 4 rings (SSSR count). The molecular formula is C19H16ClN5. The fraction of sp³-hybridized carbons (Fsp3) is 0.105. The second-order valence-corrected chi connectivity index (χ2v) is 6.30. The summed E-state index contributed by atoms with van der Waals surface area (Å²) in [5.41, 5.74) is 4.36. The number of hydrogen-bond donors (Lipinski definition) is 1. The number of nitrogens with one attached hydrogen (secondary N) is 1. The van der Waals surface area contributed by atoms with E-state index in [2.05, 4.69) is 10.4 Å². The van der Waals surface area contributed by atoms with E-state index >= 15 is 0 Å². The number of fused-ring (bicyclic) bond motifs is 1. The van der Waals surface area contributed by atoms with Crippen LogP contribution in [0, 0.1) is 13.8 Å². The molecule has 0 saturated heterocycles. The molecule has 1 N–H and O–H groups in total. The Kier molecular flexibility index (Phi) is 3.86. The Labute approximate surface area is 150 Å². The molecule has 2 aromatic carbocycles. The lowest BCUT2D eigenvalue weighted by Gasteiger charge is -2.13. The zero-order valence-corrected chi connectivity index (χ0v) is 14.6. The van der Waals surface area contributed by atoms with Gasteiger partial charge in [-0.25, -0.2) is 14.6 Å². The maximum Gasteiger partial charge on any atom is 0.197 e. The molecule has 0 fully saturated rings. The smallest absolute Gasteiger partial charge is 0.197 e. The quantitative estimate of drug-likeness (QED) is 0.575. The molecule has 0 amide bonds. The summed E-state index contributed by atoms with van der Waals surface area (Å²) in [6.45, 7) is 3.96. The lowest BCUT2D eigenvalue weighted by atomic mass is 10.3. The van der Waals surface area contributed by atoms with Crippen molar-refractivity contribution in [2.75, 3.05) is 5.32 Å². The number of halogens is 1. The summed E-state index contributed by atoms with van der Waals surface area (Å²) in [4.78, 5) is 9.51. The third kappa shape index (κ3) is 3.06.